The summed E-state index contributed by atoms with van der Waals surface area (Å²) in [6, 6.07) is 13.4. The third-order valence-corrected chi connectivity index (χ3v) is 5.96. The molecule has 0 aromatic heterocycles. The van der Waals surface area contributed by atoms with Gasteiger partial charge in [0.05, 0.1) is 12.0 Å². The summed E-state index contributed by atoms with van der Waals surface area (Å²) in [6.07, 6.45) is 0. The summed E-state index contributed by atoms with van der Waals surface area (Å²) in [6.45, 7) is 4.15. The van der Waals surface area contributed by atoms with E-state index in [1.807, 2.05) is 0 Å². The predicted octanol–water partition coefficient (Wildman–Crippen LogP) is 2.26. The maximum atomic E-state index is 12.5. The maximum absolute atomic E-state index is 12.5. The molecule has 0 aliphatic heterocycles. The van der Waals surface area contributed by atoms with Crippen LogP contribution in [0.4, 0.5) is 0 Å². The van der Waals surface area contributed by atoms with Crippen molar-refractivity contribution in [3.05, 3.63) is 59.7 Å². The predicted molar refractivity (Wildman–Crippen MR) is 98.6 cm³/mol. The molecule has 2 aromatic carbocycles. The standard InChI is InChI=1S/C19H22N2O4S/c1-19(2)16(12-6-10-15(11-7-12)26(20,23)24)17(19)21-18(22)13-4-8-14(25-3)9-5-13/h4-11,16-17H,1-3H3,(H,21,22)(H2,20,23,24)/t16-,17-/m0/s1. The second-order valence-corrected chi connectivity index (χ2v) is 8.65. The Bertz CT molecular complexity index is 919. The van der Waals surface area contributed by atoms with Gasteiger partial charge in [0.2, 0.25) is 10.0 Å². The van der Waals surface area contributed by atoms with Crippen LogP contribution in [0.1, 0.15) is 35.7 Å². The lowest BCUT2D eigenvalue weighted by molar-refractivity contribution is 0.0946. The van der Waals surface area contributed by atoms with Crippen molar-refractivity contribution in [2.45, 2.75) is 30.7 Å². The quantitative estimate of drug-likeness (QED) is 0.839. The minimum absolute atomic E-state index is 0.0302. The summed E-state index contributed by atoms with van der Waals surface area (Å²) in [7, 11) is -2.13. The molecule has 1 aliphatic carbocycles. The highest BCUT2D eigenvalue weighted by molar-refractivity contribution is 7.89. The molecule has 1 saturated carbocycles. The van der Waals surface area contributed by atoms with Crippen molar-refractivity contribution in [1.29, 1.82) is 0 Å². The van der Waals surface area contributed by atoms with Crippen LogP contribution in [-0.4, -0.2) is 27.5 Å². The molecule has 0 unspecified atom stereocenters. The van der Waals surface area contributed by atoms with Crippen molar-refractivity contribution < 1.29 is 17.9 Å². The minimum atomic E-state index is -3.71. The van der Waals surface area contributed by atoms with Crippen LogP contribution in [0, 0.1) is 5.41 Å². The first-order valence-corrected chi connectivity index (χ1v) is 9.77. The average molecular weight is 374 g/mol. The highest BCUT2D eigenvalue weighted by Gasteiger charge is 2.59. The van der Waals surface area contributed by atoms with Gasteiger partial charge in [-0.25, -0.2) is 13.6 Å². The Labute approximate surface area is 153 Å². The van der Waals surface area contributed by atoms with Crippen molar-refractivity contribution in [1.82, 2.24) is 5.32 Å². The molecule has 3 N–H and O–H groups in total. The van der Waals surface area contributed by atoms with E-state index in [0.717, 1.165) is 5.56 Å². The lowest BCUT2D eigenvalue weighted by Gasteiger charge is -2.07. The number of carbonyl (C=O) groups excluding carboxylic acids is 1. The highest BCUT2D eigenvalue weighted by atomic mass is 32.2. The monoisotopic (exact) mass is 374 g/mol. The zero-order valence-electron chi connectivity index (χ0n) is 14.9. The number of hydrogen-bond acceptors (Lipinski definition) is 4. The molecule has 1 amide bonds. The number of carbonyl (C=O) groups is 1. The van der Waals surface area contributed by atoms with Gasteiger partial charge in [0.1, 0.15) is 5.75 Å². The number of primary sulfonamides is 1. The number of nitrogens with one attached hydrogen (secondary N) is 1. The third kappa shape index (κ3) is 3.45. The van der Waals surface area contributed by atoms with Crippen LogP contribution in [0.15, 0.2) is 53.4 Å². The number of nitrogens with two attached hydrogens (primary N) is 1. The van der Waals surface area contributed by atoms with Crippen LogP contribution < -0.4 is 15.2 Å². The second kappa shape index (κ2) is 6.41. The number of amides is 1. The number of hydrogen-bond donors (Lipinski definition) is 2. The molecule has 0 spiro atoms. The molecule has 0 heterocycles. The van der Waals surface area contributed by atoms with Crippen LogP contribution in [0.5, 0.6) is 5.75 Å². The molecule has 26 heavy (non-hydrogen) atoms. The van der Waals surface area contributed by atoms with Gasteiger partial charge in [-0.2, -0.15) is 0 Å². The van der Waals surface area contributed by atoms with Gasteiger partial charge in [-0.1, -0.05) is 26.0 Å². The fraction of sp³-hybridized carbons (Fsp3) is 0.316. The molecular formula is C19H22N2O4S. The Balaban J connectivity index is 1.74. The smallest absolute Gasteiger partial charge is 0.251 e. The van der Waals surface area contributed by atoms with Crippen molar-refractivity contribution in [3.63, 3.8) is 0 Å². The van der Waals surface area contributed by atoms with E-state index in [9.17, 15) is 13.2 Å². The first-order chi connectivity index (χ1) is 12.1. The normalized spacial score (nSPS) is 21.1. The number of rotatable bonds is 5. The Morgan fingerprint density at radius 2 is 1.65 bits per heavy atom. The molecule has 3 rings (SSSR count). The molecule has 138 valence electrons. The van der Waals surface area contributed by atoms with Gasteiger partial charge < -0.3 is 10.1 Å². The molecule has 1 aliphatic rings. The summed E-state index contributed by atoms with van der Waals surface area (Å²) in [4.78, 5) is 12.6. The lowest BCUT2D eigenvalue weighted by atomic mass is 10.0. The Kier molecular flexibility index (Phi) is 4.54. The zero-order valence-corrected chi connectivity index (χ0v) is 15.7. The Morgan fingerprint density at radius 3 is 2.15 bits per heavy atom. The van der Waals surface area contributed by atoms with E-state index in [4.69, 9.17) is 9.88 Å². The summed E-state index contributed by atoms with van der Waals surface area (Å²) in [5.41, 5.74) is 1.42. The summed E-state index contributed by atoms with van der Waals surface area (Å²) in [5, 5.41) is 8.21. The van der Waals surface area contributed by atoms with E-state index in [1.54, 1.807) is 43.5 Å². The molecule has 0 radical (unpaired) electrons. The summed E-state index contributed by atoms with van der Waals surface area (Å²) >= 11 is 0. The van der Waals surface area contributed by atoms with E-state index < -0.39 is 10.0 Å². The van der Waals surface area contributed by atoms with Crippen molar-refractivity contribution >= 4 is 15.9 Å². The molecule has 1 fully saturated rings. The van der Waals surface area contributed by atoms with E-state index in [0.29, 0.717) is 11.3 Å². The van der Waals surface area contributed by atoms with Crippen molar-refractivity contribution in [2.24, 2.45) is 10.6 Å². The van der Waals surface area contributed by atoms with Gasteiger partial charge in [-0.15, -0.1) is 0 Å². The van der Waals surface area contributed by atoms with Gasteiger partial charge in [0.25, 0.3) is 5.91 Å². The second-order valence-electron chi connectivity index (χ2n) is 7.09. The number of sulfonamides is 1. The van der Waals surface area contributed by atoms with E-state index in [1.165, 1.54) is 12.1 Å². The molecule has 2 atom stereocenters. The van der Waals surface area contributed by atoms with Crippen LogP contribution >= 0.6 is 0 Å². The molecular weight excluding hydrogens is 352 g/mol. The average Bonchev–Trinajstić information content (AvgIpc) is 3.14. The lowest BCUT2D eigenvalue weighted by Crippen LogP contribution is -2.28. The van der Waals surface area contributed by atoms with Gasteiger partial charge in [-0.05, 0) is 47.4 Å². The molecule has 2 aromatic rings. The number of methoxy groups -OCH3 is 1. The van der Waals surface area contributed by atoms with E-state index >= 15 is 0 Å². The minimum Gasteiger partial charge on any atom is -0.497 e. The zero-order chi connectivity index (χ0) is 19.1. The van der Waals surface area contributed by atoms with Crippen molar-refractivity contribution in [2.75, 3.05) is 7.11 Å². The van der Waals surface area contributed by atoms with Crippen molar-refractivity contribution in [3.8, 4) is 5.75 Å². The van der Waals surface area contributed by atoms with E-state index in [-0.39, 0.29) is 28.2 Å². The molecule has 7 heteroatoms. The topological polar surface area (TPSA) is 98.5 Å². The summed E-state index contributed by atoms with van der Waals surface area (Å²) < 4.78 is 27.9. The number of benzene rings is 2. The highest BCUT2D eigenvalue weighted by Crippen LogP contribution is 2.58. The van der Waals surface area contributed by atoms with Crippen LogP contribution in [-0.2, 0) is 10.0 Å². The molecule has 0 bridgehead atoms. The first kappa shape index (κ1) is 18.4. The summed E-state index contributed by atoms with van der Waals surface area (Å²) in [5.74, 6) is 0.662. The van der Waals surface area contributed by atoms with Gasteiger partial charge in [0, 0.05) is 17.5 Å². The maximum Gasteiger partial charge on any atom is 0.251 e. The van der Waals surface area contributed by atoms with Crippen LogP contribution in [0.2, 0.25) is 0 Å². The molecule has 6 nitrogen and oxygen atoms in total. The first-order valence-electron chi connectivity index (χ1n) is 8.22. The SMILES string of the molecule is COc1ccc(C(=O)N[C@H]2[C@H](c3ccc(S(N)(=O)=O)cc3)C2(C)C)cc1. The molecule has 0 saturated heterocycles. The van der Waals surface area contributed by atoms with Crippen LogP contribution in [0.3, 0.4) is 0 Å². The Morgan fingerprint density at radius 1 is 1.08 bits per heavy atom. The van der Waals surface area contributed by atoms with E-state index in [2.05, 4.69) is 19.2 Å². The fourth-order valence-electron chi connectivity index (χ4n) is 3.36. The van der Waals surface area contributed by atoms with Crippen LogP contribution in [0.25, 0.3) is 0 Å². The Hall–Kier alpha value is -2.38. The fourth-order valence-corrected chi connectivity index (χ4v) is 3.88. The third-order valence-electron chi connectivity index (χ3n) is 5.03. The van der Waals surface area contributed by atoms with Gasteiger partial charge in [0.15, 0.2) is 0 Å². The largest absolute Gasteiger partial charge is 0.497 e. The number of ether oxygens (including phenoxy) is 1. The van der Waals surface area contributed by atoms with Gasteiger partial charge in [-0.3, -0.25) is 4.79 Å². The van der Waals surface area contributed by atoms with Gasteiger partial charge >= 0.3 is 0 Å².